The van der Waals surface area contributed by atoms with E-state index in [1.165, 1.54) is 28.3 Å². The average molecular weight is 347 g/mol. The highest BCUT2D eigenvalue weighted by Gasteiger charge is 2.12. The van der Waals surface area contributed by atoms with Crippen molar-refractivity contribution in [1.29, 1.82) is 0 Å². The quantitative estimate of drug-likeness (QED) is 0.564. The fourth-order valence-electron chi connectivity index (χ4n) is 3.30. The van der Waals surface area contributed by atoms with Crippen molar-refractivity contribution in [3.63, 3.8) is 0 Å². The molecular formula is C23H25NO2. The maximum absolute atomic E-state index is 11.3. The monoisotopic (exact) mass is 347 g/mol. The molecule has 0 aromatic heterocycles. The Kier molecular flexibility index (Phi) is 6.16. The Hall–Kier alpha value is -2.49. The number of hydrogen-bond acceptors (Lipinski definition) is 3. The molecule has 3 nitrogen and oxygen atoms in total. The number of aliphatic hydroxyl groups excluding tert-OH is 1. The van der Waals surface area contributed by atoms with Gasteiger partial charge in [0.05, 0.1) is 0 Å². The van der Waals surface area contributed by atoms with Gasteiger partial charge >= 0.3 is 0 Å². The van der Waals surface area contributed by atoms with Crippen molar-refractivity contribution < 1.29 is 9.90 Å². The van der Waals surface area contributed by atoms with Crippen molar-refractivity contribution in [2.75, 3.05) is 13.2 Å². The third-order valence-electron chi connectivity index (χ3n) is 4.77. The van der Waals surface area contributed by atoms with Crippen molar-refractivity contribution in [3.8, 4) is 0 Å². The van der Waals surface area contributed by atoms with Crippen LogP contribution in [0.2, 0.25) is 0 Å². The topological polar surface area (TPSA) is 49.3 Å². The van der Waals surface area contributed by atoms with Gasteiger partial charge in [-0.25, -0.2) is 0 Å². The highest BCUT2D eigenvalue weighted by Crippen LogP contribution is 2.29. The highest BCUT2D eigenvalue weighted by molar-refractivity contribution is 5.97. The molecule has 0 amide bonds. The number of fused-ring (bicyclic) bond motifs is 1. The Bertz CT molecular complexity index is 832. The fraction of sp³-hybridized carbons (Fsp3) is 0.261. The summed E-state index contributed by atoms with van der Waals surface area (Å²) in [6.45, 7) is 3.22. The molecule has 2 aromatic carbocycles. The Morgan fingerprint density at radius 1 is 1.15 bits per heavy atom. The number of hydrogen-bond donors (Lipinski definition) is 2. The van der Waals surface area contributed by atoms with Crippen molar-refractivity contribution >= 4 is 16.9 Å². The van der Waals surface area contributed by atoms with Crippen LogP contribution in [0.4, 0.5) is 0 Å². The Morgan fingerprint density at radius 3 is 2.69 bits per heavy atom. The first-order chi connectivity index (χ1) is 12.7. The molecule has 2 N–H and O–H groups in total. The molecular weight excluding hydrogens is 322 g/mol. The first-order valence-corrected chi connectivity index (χ1v) is 9.06. The molecule has 0 unspecified atom stereocenters. The van der Waals surface area contributed by atoms with Crippen LogP contribution in [-0.2, 0) is 17.8 Å². The van der Waals surface area contributed by atoms with Gasteiger partial charge in [-0.3, -0.25) is 4.79 Å². The summed E-state index contributed by atoms with van der Waals surface area (Å²) in [5.74, 6) is -0.268. The summed E-state index contributed by atoms with van der Waals surface area (Å²) in [6.07, 6.45) is 5.92. The molecule has 2 aromatic rings. The molecule has 1 aliphatic rings. The zero-order valence-electron chi connectivity index (χ0n) is 15.2. The molecule has 0 saturated carbocycles. The molecule has 0 fully saturated rings. The molecule has 134 valence electrons. The van der Waals surface area contributed by atoms with Crippen LogP contribution in [0, 0.1) is 0 Å². The minimum absolute atomic E-state index is 0.268. The van der Waals surface area contributed by atoms with Gasteiger partial charge in [-0.15, -0.1) is 0 Å². The van der Waals surface area contributed by atoms with E-state index in [1.807, 2.05) is 19.1 Å². The molecule has 3 heteroatoms. The molecule has 3 rings (SSSR count). The summed E-state index contributed by atoms with van der Waals surface area (Å²) in [5, 5.41) is 12.3. The standard InChI is InChI=1S/C23H25NO2/c1-17(14-22(26)16-25)19-8-6-18(7-9-19)15-24-13-12-21-11-10-20-4-2-3-5-23(20)21/h2-9,11,14,24-25H,10,12-13,15-16H2,1H3/b17-14+. The van der Waals surface area contributed by atoms with Crippen molar-refractivity contribution in [3.05, 3.63) is 82.9 Å². The summed E-state index contributed by atoms with van der Waals surface area (Å²) in [4.78, 5) is 11.3. The second kappa shape index (κ2) is 8.75. The molecule has 1 aliphatic carbocycles. The number of aliphatic hydroxyl groups is 1. The number of carbonyl (C=O) groups excluding carboxylic acids is 1. The molecule has 0 bridgehead atoms. The maximum atomic E-state index is 11.3. The van der Waals surface area contributed by atoms with Crippen molar-refractivity contribution in [2.45, 2.75) is 26.3 Å². The van der Waals surface area contributed by atoms with Gasteiger partial charge in [-0.05, 0) is 65.8 Å². The van der Waals surface area contributed by atoms with E-state index in [1.54, 1.807) is 0 Å². The van der Waals surface area contributed by atoms with Crippen molar-refractivity contribution in [1.82, 2.24) is 5.32 Å². The van der Waals surface area contributed by atoms with Gasteiger partial charge in [0, 0.05) is 6.54 Å². The van der Waals surface area contributed by atoms with E-state index in [0.29, 0.717) is 0 Å². The third-order valence-corrected chi connectivity index (χ3v) is 4.77. The van der Waals surface area contributed by atoms with Crippen LogP contribution in [0.1, 0.15) is 35.6 Å². The lowest BCUT2D eigenvalue weighted by atomic mass is 10.0. The van der Waals surface area contributed by atoms with Crippen molar-refractivity contribution in [2.24, 2.45) is 0 Å². The minimum atomic E-state index is -0.444. The lowest BCUT2D eigenvalue weighted by molar-refractivity contribution is -0.117. The zero-order valence-corrected chi connectivity index (χ0v) is 15.2. The Balaban J connectivity index is 1.47. The minimum Gasteiger partial charge on any atom is -0.388 e. The summed E-state index contributed by atoms with van der Waals surface area (Å²) in [6, 6.07) is 16.8. The van der Waals surface area contributed by atoms with Crippen LogP contribution in [-0.4, -0.2) is 24.0 Å². The number of carbonyl (C=O) groups is 1. The second-order valence-electron chi connectivity index (χ2n) is 6.67. The van der Waals surface area contributed by atoms with E-state index in [2.05, 4.69) is 47.8 Å². The van der Waals surface area contributed by atoms with Gasteiger partial charge in [0.2, 0.25) is 0 Å². The van der Waals surface area contributed by atoms with E-state index in [0.717, 1.165) is 37.1 Å². The SMILES string of the molecule is C/C(=C\C(=O)CO)c1ccc(CNCCC2=CCc3ccccc32)cc1. The normalized spacial score (nSPS) is 13.5. The van der Waals surface area contributed by atoms with Gasteiger partial charge in [-0.2, -0.15) is 0 Å². The molecule has 0 heterocycles. The van der Waals surface area contributed by atoms with Crippen LogP contribution >= 0.6 is 0 Å². The van der Waals surface area contributed by atoms with E-state index >= 15 is 0 Å². The smallest absolute Gasteiger partial charge is 0.181 e. The molecule has 26 heavy (non-hydrogen) atoms. The van der Waals surface area contributed by atoms with Gasteiger partial charge in [0.15, 0.2) is 5.78 Å². The predicted octanol–water partition coefficient (Wildman–Crippen LogP) is 3.77. The molecule has 0 saturated heterocycles. The Morgan fingerprint density at radius 2 is 1.92 bits per heavy atom. The molecule has 0 atom stereocenters. The van der Waals surface area contributed by atoms with E-state index in [9.17, 15) is 4.79 Å². The number of allylic oxidation sites excluding steroid dienone is 2. The largest absolute Gasteiger partial charge is 0.388 e. The zero-order chi connectivity index (χ0) is 18.4. The summed E-state index contributed by atoms with van der Waals surface area (Å²) in [5.41, 5.74) is 7.37. The summed E-state index contributed by atoms with van der Waals surface area (Å²) >= 11 is 0. The summed E-state index contributed by atoms with van der Waals surface area (Å²) in [7, 11) is 0. The average Bonchev–Trinajstić information content (AvgIpc) is 3.08. The predicted molar refractivity (Wildman–Crippen MR) is 107 cm³/mol. The maximum Gasteiger partial charge on any atom is 0.181 e. The second-order valence-corrected chi connectivity index (χ2v) is 6.67. The molecule has 0 aliphatic heterocycles. The van der Waals surface area contributed by atoms with Crippen LogP contribution in [0.5, 0.6) is 0 Å². The van der Waals surface area contributed by atoms with Crippen LogP contribution in [0.3, 0.4) is 0 Å². The lowest BCUT2D eigenvalue weighted by Gasteiger charge is -2.08. The van der Waals surface area contributed by atoms with Crippen LogP contribution < -0.4 is 5.32 Å². The Labute approximate surface area is 155 Å². The third kappa shape index (κ3) is 4.57. The molecule has 0 radical (unpaired) electrons. The lowest BCUT2D eigenvalue weighted by Crippen LogP contribution is -2.14. The van der Waals surface area contributed by atoms with Gasteiger partial charge in [-0.1, -0.05) is 54.6 Å². The van der Waals surface area contributed by atoms with Gasteiger partial charge < -0.3 is 10.4 Å². The van der Waals surface area contributed by atoms with E-state index in [-0.39, 0.29) is 5.78 Å². The summed E-state index contributed by atoms with van der Waals surface area (Å²) < 4.78 is 0. The molecule has 0 spiro atoms. The van der Waals surface area contributed by atoms with Crippen LogP contribution in [0.25, 0.3) is 11.1 Å². The van der Waals surface area contributed by atoms with E-state index in [4.69, 9.17) is 5.11 Å². The number of ketones is 1. The number of rotatable bonds is 8. The first-order valence-electron chi connectivity index (χ1n) is 9.06. The van der Waals surface area contributed by atoms with E-state index < -0.39 is 6.61 Å². The number of benzene rings is 2. The van der Waals surface area contributed by atoms with Gasteiger partial charge in [0.1, 0.15) is 6.61 Å². The number of nitrogens with one attached hydrogen (secondary N) is 1. The fourth-order valence-corrected chi connectivity index (χ4v) is 3.30. The van der Waals surface area contributed by atoms with Crippen LogP contribution in [0.15, 0.2) is 60.7 Å². The first kappa shape index (κ1) is 18.3. The van der Waals surface area contributed by atoms with Gasteiger partial charge in [0.25, 0.3) is 0 Å². The highest BCUT2D eigenvalue weighted by atomic mass is 16.3.